The largest absolute Gasteiger partial charge is 0.245 e. The van der Waals surface area contributed by atoms with E-state index in [1.165, 1.54) is 44.1 Å². The van der Waals surface area contributed by atoms with Crippen LogP contribution in [0.15, 0.2) is 23.3 Å². The number of aryl methyl sites for hydroxylation is 1. The van der Waals surface area contributed by atoms with Crippen molar-refractivity contribution in [1.82, 2.24) is 4.98 Å². The number of unbranched alkanes of at least 4 members (excludes halogenated alkanes) is 5. The first kappa shape index (κ1) is 12.9. The number of hydrogen-bond acceptors (Lipinski definition) is 2. The maximum Gasteiger partial charge on any atom is 0.154 e. The van der Waals surface area contributed by atoms with E-state index in [-0.39, 0.29) is 0 Å². The molecule has 0 aliphatic rings. The molecule has 0 atom stereocenters. The second-order valence-electron chi connectivity index (χ2n) is 4.16. The molecule has 0 fully saturated rings. The van der Waals surface area contributed by atoms with Gasteiger partial charge in [0.1, 0.15) is 0 Å². The molecule has 1 aromatic rings. The van der Waals surface area contributed by atoms with Crippen molar-refractivity contribution in [2.45, 2.75) is 51.9 Å². The van der Waals surface area contributed by atoms with Crippen LogP contribution in [0.2, 0.25) is 0 Å². The molecular formula is C14H22N2. The van der Waals surface area contributed by atoms with E-state index in [4.69, 9.17) is 0 Å². The minimum absolute atomic E-state index is 0.802. The summed E-state index contributed by atoms with van der Waals surface area (Å²) < 4.78 is 0. The van der Waals surface area contributed by atoms with Crippen LogP contribution in [0.1, 0.15) is 51.0 Å². The van der Waals surface area contributed by atoms with Gasteiger partial charge in [-0.25, -0.2) is 9.98 Å². The van der Waals surface area contributed by atoms with Crippen LogP contribution < -0.4 is 0 Å². The van der Waals surface area contributed by atoms with Gasteiger partial charge in [-0.2, -0.15) is 0 Å². The second-order valence-corrected chi connectivity index (χ2v) is 4.16. The summed E-state index contributed by atoms with van der Waals surface area (Å²) in [6.07, 6.45) is 10.8. The Labute approximate surface area is 98.8 Å². The number of pyridine rings is 1. The molecule has 0 saturated carbocycles. The summed E-state index contributed by atoms with van der Waals surface area (Å²) in [4.78, 5) is 8.13. The molecule has 0 radical (unpaired) electrons. The van der Waals surface area contributed by atoms with Crippen molar-refractivity contribution in [3.63, 3.8) is 0 Å². The van der Waals surface area contributed by atoms with E-state index in [1.54, 1.807) is 6.20 Å². The Hall–Kier alpha value is -1.18. The number of aliphatic imine (C=N–C) groups is 1. The van der Waals surface area contributed by atoms with Gasteiger partial charge in [0.25, 0.3) is 0 Å². The predicted octanol–water partition coefficient (Wildman–Crippen LogP) is 4.32. The maximum atomic E-state index is 4.20. The highest BCUT2D eigenvalue weighted by Gasteiger charge is 2.00. The highest BCUT2D eigenvalue weighted by atomic mass is 14.9. The first-order chi connectivity index (χ1) is 7.88. The van der Waals surface area contributed by atoms with Gasteiger partial charge in [-0.1, -0.05) is 45.1 Å². The second kappa shape index (κ2) is 8.03. The molecule has 0 aromatic carbocycles. The molecule has 0 amide bonds. The van der Waals surface area contributed by atoms with Crippen LogP contribution in [0, 0.1) is 0 Å². The van der Waals surface area contributed by atoms with Crippen LogP contribution >= 0.6 is 0 Å². The summed E-state index contributed by atoms with van der Waals surface area (Å²) in [7, 11) is 0. The molecule has 0 bridgehead atoms. The number of nitrogens with zero attached hydrogens (tertiary/aromatic N) is 2. The lowest BCUT2D eigenvalue weighted by molar-refractivity contribution is 0.607. The summed E-state index contributed by atoms with van der Waals surface area (Å²) in [6, 6.07) is 4.07. The van der Waals surface area contributed by atoms with Crippen LogP contribution in [0.4, 0.5) is 5.82 Å². The number of aromatic nitrogens is 1. The molecule has 2 nitrogen and oxygen atoms in total. The van der Waals surface area contributed by atoms with E-state index < -0.39 is 0 Å². The topological polar surface area (TPSA) is 25.2 Å². The first-order valence-corrected chi connectivity index (χ1v) is 6.29. The van der Waals surface area contributed by atoms with Crippen LogP contribution in [-0.2, 0) is 6.42 Å². The first-order valence-electron chi connectivity index (χ1n) is 6.29. The molecule has 2 heteroatoms. The molecule has 16 heavy (non-hydrogen) atoms. The van der Waals surface area contributed by atoms with E-state index >= 15 is 0 Å². The summed E-state index contributed by atoms with van der Waals surface area (Å²) in [5.41, 5.74) is 1.23. The van der Waals surface area contributed by atoms with E-state index in [2.05, 4.69) is 29.7 Å². The van der Waals surface area contributed by atoms with Gasteiger partial charge < -0.3 is 0 Å². The fourth-order valence-electron chi connectivity index (χ4n) is 1.86. The zero-order valence-electron chi connectivity index (χ0n) is 10.3. The van der Waals surface area contributed by atoms with Gasteiger partial charge in [0.05, 0.1) is 0 Å². The number of rotatable bonds is 8. The summed E-state index contributed by atoms with van der Waals surface area (Å²) in [5.74, 6) is 0.802. The highest BCUT2D eigenvalue weighted by Crippen LogP contribution is 2.17. The zero-order valence-corrected chi connectivity index (χ0v) is 10.3. The number of hydrogen-bond donors (Lipinski definition) is 0. The third-order valence-electron chi connectivity index (χ3n) is 2.82. The summed E-state index contributed by atoms with van der Waals surface area (Å²) in [5, 5.41) is 0. The summed E-state index contributed by atoms with van der Waals surface area (Å²) >= 11 is 0. The molecule has 88 valence electrons. The molecule has 0 aliphatic carbocycles. The van der Waals surface area contributed by atoms with Crippen LogP contribution in [0.25, 0.3) is 0 Å². The maximum absolute atomic E-state index is 4.20. The SMILES string of the molecule is C=Nc1ncccc1CCCCCCCC. The van der Waals surface area contributed by atoms with Crippen molar-refractivity contribution in [3.05, 3.63) is 23.9 Å². The van der Waals surface area contributed by atoms with E-state index in [9.17, 15) is 0 Å². The Balaban J connectivity index is 2.23. The van der Waals surface area contributed by atoms with Gasteiger partial charge in [0.15, 0.2) is 5.82 Å². The van der Waals surface area contributed by atoms with E-state index in [1.807, 2.05) is 6.07 Å². The molecule has 0 saturated heterocycles. The Morgan fingerprint density at radius 1 is 1.19 bits per heavy atom. The van der Waals surface area contributed by atoms with Gasteiger partial charge >= 0.3 is 0 Å². The third-order valence-corrected chi connectivity index (χ3v) is 2.82. The van der Waals surface area contributed by atoms with Gasteiger partial charge in [0.2, 0.25) is 0 Å². The average Bonchev–Trinajstić information content (AvgIpc) is 2.34. The van der Waals surface area contributed by atoms with E-state index in [0.29, 0.717) is 0 Å². The predicted molar refractivity (Wildman–Crippen MR) is 70.5 cm³/mol. The molecule has 0 spiro atoms. The standard InChI is InChI=1S/C14H22N2/c1-3-4-5-6-7-8-10-13-11-9-12-16-14(13)15-2/h9,11-12H,2-8,10H2,1H3. The third kappa shape index (κ3) is 4.56. The van der Waals surface area contributed by atoms with Gasteiger partial charge in [-0.05, 0) is 31.2 Å². The molecular weight excluding hydrogens is 196 g/mol. The van der Waals surface area contributed by atoms with Crippen molar-refractivity contribution >= 4 is 12.5 Å². The summed E-state index contributed by atoms with van der Waals surface area (Å²) in [6.45, 7) is 5.80. The van der Waals surface area contributed by atoms with Crippen LogP contribution in [-0.4, -0.2) is 11.7 Å². The minimum atomic E-state index is 0.802. The van der Waals surface area contributed by atoms with Crippen molar-refractivity contribution in [2.24, 2.45) is 4.99 Å². The van der Waals surface area contributed by atoms with Crippen molar-refractivity contribution in [3.8, 4) is 0 Å². The lowest BCUT2D eigenvalue weighted by Crippen LogP contribution is -1.88. The Morgan fingerprint density at radius 2 is 1.94 bits per heavy atom. The van der Waals surface area contributed by atoms with Crippen LogP contribution in [0.3, 0.4) is 0 Å². The Morgan fingerprint density at radius 3 is 2.69 bits per heavy atom. The fourth-order valence-corrected chi connectivity index (χ4v) is 1.86. The van der Waals surface area contributed by atoms with Gasteiger partial charge in [-0.15, -0.1) is 0 Å². The monoisotopic (exact) mass is 218 g/mol. The smallest absolute Gasteiger partial charge is 0.154 e. The lowest BCUT2D eigenvalue weighted by Gasteiger charge is -2.04. The van der Waals surface area contributed by atoms with Crippen molar-refractivity contribution in [2.75, 3.05) is 0 Å². The molecule has 0 N–H and O–H groups in total. The lowest BCUT2D eigenvalue weighted by atomic mass is 10.1. The minimum Gasteiger partial charge on any atom is -0.245 e. The Kier molecular flexibility index (Phi) is 6.47. The average molecular weight is 218 g/mol. The quantitative estimate of drug-likeness (QED) is 0.471. The normalized spacial score (nSPS) is 10.3. The van der Waals surface area contributed by atoms with Gasteiger partial charge in [0, 0.05) is 6.20 Å². The molecule has 0 unspecified atom stereocenters. The van der Waals surface area contributed by atoms with Crippen LogP contribution in [0.5, 0.6) is 0 Å². The van der Waals surface area contributed by atoms with Crippen molar-refractivity contribution in [1.29, 1.82) is 0 Å². The molecule has 1 aromatic heterocycles. The Bertz CT molecular complexity index is 307. The molecule has 1 heterocycles. The highest BCUT2D eigenvalue weighted by molar-refractivity contribution is 5.45. The molecule has 1 rings (SSSR count). The van der Waals surface area contributed by atoms with Crippen molar-refractivity contribution < 1.29 is 0 Å². The van der Waals surface area contributed by atoms with Gasteiger partial charge in [-0.3, -0.25) is 0 Å². The zero-order chi connectivity index (χ0) is 11.6. The molecule has 0 aliphatic heterocycles. The van der Waals surface area contributed by atoms with E-state index in [0.717, 1.165) is 12.2 Å². The fraction of sp³-hybridized carbons (Fsp3) is 0.571.